The number of anilines is 1. The van der Waals surface area contributed by atoms with Gasteiger partial charge in [0.05, 0.1) is 4.47 Å². The molecule has 1 amide bonds. The van der Waals surface area contributed by atoms with E-state index in [1.54, 1.807) is 0 Å². The molecule has 0 aliphatic carbocycles. The second-order valence-electron chi connectivity index (χ2n) is 3.62. The molecule has 1 fully saturated rings. The molecule has 0 radical (unpaired) electrons. The number of halogens is 2. The van der Waals surface area contributed by atoms with Gasteiger partial charge in [0, 0.05) is 12.3 Å². The van der Waals surface area contributed by atoms with Crippen molar-refractivity contribution in [3.8, 4) is 0 Å². The zero-order valence-corrected chi connectivity index (χ0v) is 10.1. The van der Waals surface area contributed by atoms with Gasteiger partial charge in [-0.05, 0) is 47.0 Å². The zero-order chi connectivity index (χ0) is 11.5. The molecule has 0 aromatic heterocycles. The minimum absolute atomic E-state index is 0.170. The van der Waals surface area contributed by atoms with E-state index in [-0.39, 0.29) is 17.8 Å². The first-order chi connectivity index (χ1) is 7.66. The fraction of sp³-hybridized carbons (Fsp3) is 0.364. The summed E-state index contributed by atoms with van der Waals surface area (Å²) in [5, 5.41) is 2.69. The molecule has 0 unspecified atom stereocenters. The van der Waals surface area contributed by atoms with E-state index < -0.39 is 0 Å². The minimum atomic E-state index is -0.371. The Morgan fingerprint density at radius 1 is 1.56 bits per heavy atom. The van der Waals surface area contributed by atoms with Gasteiger partial charge >= 0.3 is 0 Å². The normalized spacial score (nSPS) is 19.8. The molecule has 3 nitrogen and oxygen atoms in total. The molecule has 16 heavy (non-hydrogen) atoms. The Morgan fingerprint density at radius 3 is 3.00 bits per heavy atom. The lowest BCUT2D eigenvalue weighted by molar-refractivity contribution is -0.124. The molecular weight excluding hydrogens is 277 g/mol. The van der Waals surface area contributed by atoms with Gasteiger partial charge in [0.25, 0.3) is 5.91 Å². The van der Waals surface area contributed by atoms with Gasteiger partial charge in [-0.25, -0.2) is 4.39 Å². The number of hydrogen-bond donors (Lipinski definition) is 1. The SMILES string of the molecule is O=C(Nc1ccc(F)c(Br)c1)[C@@H]1CCCO1. The molecule has 86 valence electrons. The Labute approximate surface area is 101 Å². The highest BCUT2D eigenvalue weighted by atomic mass is 79.9. The van der Waals surface area contributed by atoms with Crippen LogP contribution in [0.25, 0.3) is 0 Å². The van der Waals surface area contributed by atoms with Gasteiger partial charge < -0.3 is 10.1 Å². The van der Waals surface area contributed by atoms with E-state index in [1.807, 2.05) is 0 Å². The highest BCUT2D eigenvalue weighted by Gasteiger charge is 2.23. The number of amides is 1. The maximum Gasteiger partial charge on any atom is 0.253 e. The van der Waals surface area contributed by atoms with Crippen LogP contribution in [0.15, 0.2) is 22.7 Å². The highest BCUT2D eigenvalue weighted by Crippen LogP contribution is 2.21. The molecule has 0 spiro atoms. The second-order valence-corrected chi connectivity index (χ2v) is 4.47. The molecule has 5 heteroatoms. The van der Waals surface area contributed by atoms with E-state index in [1.165, 1.54) is 18.2 Å². The van der Waals surface area contributed by atoms with E-state index in [9.17, 15) is 9.18 Å². The quantitative estimate of drug-likeness (QED) is 0.908. The third kappa shape index (κ3) is 2.59. The van der Waals surface area contributed by atoms with E-state index >= 15 is 0 Å². The van der Waals surface area contributed by atoms with E-state index in [0.29, 0.717) is 16.8 Å². The molecule has 1 aromatic carbocycles. The van der Waals surface area contributed by atoms with Crippen LogP contribution >= 0.6 is 15.9 Å². The molecule has 1 heterocycles. The molecule has 1 atom stereocenters. The maximum atomic E-state index is 13.0. The predicted octanol–water partition coefficient (Wildman–Crippen LogP) is 2.71. The van der Waals surface area contributed by atoms with Crippen LogP contribution in [0.1, 0.15) is 12.8 Å². The molecule has 2 rings (SSSR count). The van der Waals surface area contributed by atoms with Gasteiger partial charge in [-0.2, -0.15) is 0 Å². The van der Waals surface area contributed by atoms with Gasteiger partial charge in [0.1, 0.15) is 11.9 Å². The third-order valence-electron chi connectivity index (χ3n) is 2.41. The molecule has 0 bridgehead atoms. The summed E-state index contributed by atoms with van der Waals surface area (Å²) in [4.78, 5) is 11.7. The van der Waals surface area contributed by atoms with Crippen LogP contribution in [-0.4, -0.2) is 18.6 Å². The highest BCUT2D eigenvalue weighted by molar-refractivity contribution is 9.10. The van der Waals surface area contributed by atoms with Gasteiger partial charge in [0.15, 0.2) is 0 Å². The number of benzene rings is 1. The van der Waals surface area contributed by atoms with Crippen molar-refractivity contribution in [3.63, 3.8) is 0 Å². The van der Waals surface area contributed by atoms with Crippen molar-refractivity contribution < 1.29 is 13.9 Å². The van der Waals surface area contributed by atoms with Gasteiger partial charge in [0.2, 0.25) is 0 Å². The van der Waals surface area contributed by atoms with Crippen molar-refractivity contribution in [1.82, 2.24) is 0 Å². The van der Waals surface area contributed by atoms with Crippen LogP contribution in [-0.2, 0) is 9.53 Å². The summed E-state index contributed by atoms with van der Waals surface area (Å²) in [7, 11) is 0. The lowest BCUT2D eigenvalue weighted by Gasteiger charge is -2.10. The number of hydrogen-bond acceptors (Lipinski definition) is 2. The fourth-order valence-electron chi connectivity index (χ4n) is 1.58. The lowest BCUT2D eigenvalue weighted by atomic mass is 10.2. The average Bonchev–Trinajstić information content (AvgIpc) is 2.77. The summed E-state index contributed by atoms with van der Waals surface area (Å²) >= 11 is 3.06. The number of ether oxygens (including phenoxy) is 1. The number of nitrogens with one attached hydrogen (secondary N) is 1. The zero-order valence-electron chi connectivity index (χ0n) is 8.50. The van der Waals surface area contributed by atoms with Crippen LogP contribution in [0, 0.1) is 5.82 Å². The van der Waals surface area contributed by atoms with Crippen LogP contribution < -0.4 is 5.32 Å². The standard InChI is InChI=1S/C11H11BrFNO2/c12-8-6-7(3-4-9(8)13)14-11(15)10-2-1-5-16-10/h3-4,6,10H,1-2,5H2,(H,14,15)/t10-/m0/s1. The first kappa shape index (κ1) is 11.5. The maximum absolute atomic E-state index is 13.0. The summed E-state index contributed by atoms with van der Waals surface area (Å²) in [6.45, 7) is 0.630. The lowest BCUT2D eigenvalue weighted by Crippen LogP contribution is -2.26. The van der Waals surface area contributed by atoms with Crippen LogP contribution in [0.4, 0.5) is 10.1 Å². The van der Waals surface area contributed by atoms with E-state index in [4.69, 9.17) is 4.74 Å². The summed E-state index contributed by atoms with van der Waals surface area (Å²) < 4.78 is 18.5. The van der Waals surface area contributed by atoms with Gasteiger partial charge in [-0.15, -0.1) is 0 Å². The fourth-order valence-corrected chi connectivity index (χ4v) is 1.96. The molecule has 1 saturated heterocycles. The second kappa shape index (κ2) is 4.93. The largest absolute Gasteiger partial charge is 0.368 e. The smallest absolute Gasteiger partial charge is 0.253 e. The number of rotatable bonds is 2. The Morgan fingerprint density at radius 2 is 2.38 bits per heavy atom. The first-order valence-corrected chi connectivity index (χ1v) is 5.83. The Bertz CT molecular complexity index is 405. The minimum Gasteiger partial charge on any atom is -0.368 e. The van der Waals surface area contributed by atoms with Crippen molar-refractivity contribution in [3.05, 3.63) is 28.5 Å². The molecule has 1 aromatic rings. The Kier molecular flexibility index (Phi) is 3.56. The van der Waals surface area contributed by atoms with E-state index in [2.05, 4.69) is 21.2 Å². The van der Waals surface area contributed by atoms with Gasteiger partial charge in [-0.3, -0.25) is 4.79 Å². The summed E-state index contributed by atoms with van der Waals surface area (Å²) in [6, 6.07) is 4.35. The summed E-state index contributed by atoms with van der Waals surface area (Å²) in [6.07, 6.45) is 1.28. The molecular formula is C11H11BrFNO2. The molecule has 1 N–H and O–H groups in total. The van der Waals surface area contributed by atoms with Crippen LogP contribution in [0.3, 0.4) is 0 Å². The van der Waals surface area contributed by atoms with Crippen molar-refractivity contribution in [2.24, 2.45) is 0 Å². The van der Waals surface area contributed by atoms with E-state index in [0.717, 1.165) is 12.8 Å². The van der Waals surface area contributed by atoms with Gasteiger partial charge in [-0.1, -0.05) is 0 Å². The average molecular weight is 288 g/mol. The topological polar surface area (TPSA) is 38.3 Å². The Balaban J connectivity index is 2.02. The summed E-state index contributed by atoms with van der Waals surface area (Å²) in [5.74, 6) is -0.522. The summed E-state index contributed by atoms with van der Waals surface area (Å²) in [5.41, 5.74) is 0.564. The Hall–Kier alpha value is -0.940. The van der Waals surface area contributed by atoms with Crippen LogP contribution in [0.2, 0.25) is 0 Å². The van der Waals surface area contributed by atoms with Crippen molar-refractivity contribution in [2.45, 2.75) is 18.9 Å². The first-order valence-electron chi connectivity index (χ1n) is 5.04. The van der Waals surface area contributed by atoms with Crippen molar-refractivity contribution >= 4 is 27.5 Å². The predicted molar refractivity (Wildman–Crippen MR) is 61.7 cm³/mol. The van der Waals surface area contributed by atoms with Crippen molar-refractivity contribution in [1.29, 1.82) is 0 Å². The third-order valence-corrected chi connectivity index (χ3v) is 3.02. The number of carbonyl (C=O) groups is 1. The van der Waals surface area contributed by atoms with Crippen molar-refractivity contribution in [2.75, 3.05) is 11.9 Å². The monoisotopic (exact) mass is 287 g/mol. The van der Waals surface area contributed by atoms with Crippen LogP contribution in [0.5, 0.6) is 0 Å². The molecule has 1 aliphatic rings. The number of carbonyl (C=O) groups excluding carboxylic acids is 1. The molecule has 1 aliphatic heterocycles. The molecule has 0 saturated carbocycles.